The first-order valence-corrected chi connectivity index (χ1v) is 12.1. The van der Waals surface area contributed by atoms with Crippen molar-refractivity contribution in [1.29, 1.82) is 0 Å². The standard InChI is InChI=1S/C26H28Cl2N2O8/c1-13(31)38-18-11-14(7-8-17(18)35-4)21-19(23(33)26(34)30(21)10-9-29(2)3)22(32)15-12-16(27)25(37-6)20(28)24(15)36-5/h7-8,11-12,21,32H,9-10H2,1-6H3/b22-19+. The molecule has 1 fully saturated rings. The van der Waals surface area contributed by atoms with Crippen LogP contribution in [0.25, 0.3) is 5.76 Å². The number of nitrogens with zero attached hydrogens (tertiary/aromatic N) is 2. The van der Waals surface area contributed by atoms with Crippen LogP contribution in [-0.2, 0) is 14.4 Å². The highest BCUT2D eigenvalue weighted by atomic mass is 35.5. The fourth-order valence-corrected chi connectivity index (χ4v) is 4.84. The number of esters is 1. The Morgan fingerprint density at radius 2 is 1.68 bits per heavy atom. The maximum Gasteiger partial charge on any atom is 0.308 e. The van der Waals surface area contributed by atoms with Gasteiger partial charge < -0.3 is 33.9 Å². The van der Waals surface area contributed by atoms with E-state index in [-0.39, 0.29) is 50.7 Å². The van der Waals surface area contributed by atoms with Crippen molar-refractivity contribution in [2.45, 2.75) is 13.0 Å². The van der Waals surface area contributed by atoms with Crippen molar-refractivity contribution in [3.8, 4) is 23.0 Å². The molecule has 2 aromatic carbocycles. The summed E-state index contributed by atoms with van der Waals surface area (Å²) < 4.78 is 21.2. The van der Waals surface area contributed by atoms with E-state index in [1.165, 1.54) is 45.3 Å². The number of rotatable bonds is 9. The lowest BCUT2D eigenvalue weighted by atomic mass is 9.94. The summed E-state index contributed by atoms with van der Waals surface area (Å²) in [6.45, 7) is 1.83. The summed E-state index contributed by atoms with van der Waals surface area (Å²) in [5, 5.41) is 11.5. The van der Waals surface area contributed by atoms with Crippen LogP contribution in [0.1, 0.15) is 24.1 Å². The Labute approximate surface area is 230 Å². The maximum absolute atomic E-state index is 13.4. The molecular formula is C26H28Cl2N2O8. The first-order chi connectivity index (χ1) is 18.0. The largest absolute Gasteiger partial charge is 0.507 e. The van der Waals surface area contributed by atoms with Crippen LogP contribution >= 0.6 is 23.2 Å². The molecule has 1 amide bonds. The Balaban J connectivity index is 2.32. The molecule has 0 bridgehead atoms. The van der Waals surface area contributed by atoms with E-state index in [1.807, 2.05) is 19.0 Å². The number of likely N-dealkylation sites (tertiary alicyclic amines) is 1. The SMILES string of the molecule is COc1ccc(C2/C(=C(\O)c3cc(Cl)c(OC)c(Cl)c3OC)C(=O)C(=O)N2CCN(C)C)cc1OC(C)=O. The topological polar surface area (TPSA) is 115 Å². The molecule has 2 aromatic rings. The van der Waals surface area contributed by atoms with E-state index < -0.39 is 29.5 Å². The van der Waals surface area contributed by atoms with E-state index in [0.29, 0.717) is 12.1 Å². The summed E-state index contributed by atoms with van der Waals surface area (Å²) in [5.41, 5.74) is 0.169. The van der Waals surface area contributed by atoms with Crippen LogP contribution in [0.2, 0.25) is 10.0 Å². The number of ether oxygens (including phenoxy) is 4. The summed E-state index contributed by atoms with van der Waals surface area (Å²) >= 11 is 12.7. The Bertz CT molecular complexity index is 1310. The second kappa shape index (κ2) is 11.9. The molecule has 12 heteroatoms. The van der Waals surface area contributed by atoms with Crippen molar-refractivity contribution in [3.63, 3.8) is 0 Å². The van der Waals surface area contributed by atoms with Crippen molar-refractivity contribution in [2.75, 3.05) is 48.5 Å². The van der Waals surface area contributed by atoms with E-state index in [1.54, 1.807) is 12.1 Å². The predicted molar refractivity (Wildman–Crippen MR) is 141 cm³/mol. The van der Waals surface area contributed by atoms with Gasteiger partial charge in [0.2, 0.25) is 0 Å². The van der Waals surface area contributed by atoms with E-state index >= 15 is 0 Å². The van der Waals surface area contributed by atoms with Crippen molar-refractivity contribution >= 4 is 46.6 Å². The van der Waals surface area contributed by atoms with Crippen LogP contribution in [-0.4, -0.2) is 81.1 Å². The Kier molecular flexibility index (Phi) is 9.14. The van der Waals surface area contributed by atoms with Crippen molar-refractivity contribution in [1.82, 2.24) is 9.80 Å². The molecule has 1 saturated heterocycles. The number of halogens is 2. The van der Waals surface area contributed by atoms with Gasteiger partial charge in [-0.05, 0) is 37.9 Å². The number of carbonyl (C=O) groups excluding carboxylic acids is 3. The number of ketones is 1. The molecular weight excluding hydrogens is 539 g/mol. The van der Waals surface area contributed by atoms with Gasteiger partial charge in [-0.1, -0.05) is 29.3 Å². The van der Waals surface area contributed by atoms with Gasteiger partial charge in [0.25, 0.3) is 11.7 Å². The lowest BCUT2D eigenvalue weighted by Gasteiger charge is -2.27. The number of methoxy groups -OCH3 is 3. The average molecular weight is 567 g/mol. The average Bonchev–Trinajstić information content (AvgIpc) is 3.11. The van der Waals surface area contributed by atoms with Crippen LogP contribution < -0.4 is 18.9 Å². The highest BCUT2D eigenvalue weighted by Gasteiger charge is 2.46. The molecule has 0 spiro atoms. The normalized spacial score (nSPS) is 16.7. The van der Waals surface area contributed by atoms with Gasteiger partial charge in [-0.15, -0.1) is 0 Å². The van der Waals surface area contributed by atoms with E-state index in [0.717, 1.165) is 0 Å². The van der Waals surface area contributed by atoms with Crippen molar-refractivity contribution in [2.24, 2.45) is 0 Å². The molecule has 0 radical (unpaired) electrons. The first-order valence-electron chi connectivity index (χ1n) is 11.4. The van der Waals surface area contributed by atoms with Gasteiger partial charge in [-0.2, -0.15) is 0 Å². The Morgan fingerprint density at radius 1 is 1.03 bits per heavy atom. The van der Waals surface area contributed by atoms with Gasteiger partial charge in [0, 0.05) is 20.0 Å². The lowest BCUT2D eigenvalue weighted by Crippen LogP contribution is -2.35. The van der Waals surface area contributed by atoms with Crippen LogP contribution in [0.4, 0.5) is 0 Å². The molecule has 1 aliphatic heterocycles. The molecule has 10 nitrogen and oxygen atoms in total. The number of aliphatic hydroxyl groups is 1. The number of amides is 1. The second-order valence-electron chi connectivity index (χ2n) is 8.59. The van der Waals surface area contributed by atoms with Crippen LogP contribution in [0.15, 0.2) is 29.8 Å². The van der Waals surface area contributed by atoms with Gasteiger partial charge in [0.15, 0.2) is 23.0 Å². The van der Waals surface area contributed by atoms with Gasteiger partial charge in [0.05, 0.1) is 43.5 Å². The molecule has 204 valence electrons. The first kappa shape index (κ1) is 29.1. The quantitative estimate of drug-likeness (QED) is 0.158. The molecule has 0 aliphatic carbocycles. The van der Waals surface area contributed by atoms with Crippen molar-refractivity contribution in [3.05, 3.63) is 51.0 Å². The fourth-order valence-electron chi connectivity index (χ4n) is 4.15. The van der Waals surface area contributed by atoms with E-state index in [4.69, 9.17) is 42.1 Å². The molecule has 1 heterocycles. The smallest absolute Gasteiger partial charge is 0.308 e. The molecule has 1 aliphatic rings. The molecule has 1 unspecified atom stereocenters. The summed E-state index contributed by atoms with van der Waals surface area (Å²) in [7, 11) is 7.75. The molecule has 0 saturated carbocycles. The highest BCUT2D eigenvalue weighted by molar-refractivity contribution is 6.47. The molecule has 1 atom stereocenters. The third-order valence-corrected chi connectivity index (χ3v) is 6.50. The van der Waals surface area contributed by atoms with Crippen LogP contribution in [0.5, 0.6) is 23.0 Å². The fraction of sp³-hybridized carbons (Fsp3) is 0.346. The number of likely N-dealkylation sites (N-methyl/N-ethyl adjacent to an activating group) is 1. The number of benzene rings is 2. The number of Topliss-reactive ketones (excluding diaryl/α,β-unsaturated/α-hetero) is 1. The minimum Gasteiger partial charge on any atom is -0.507 e. The highest BCUT2D eigenvalue weighted by Crippen LogP contribution is 2.47. The Morgan fingerprint density at radius 3 is 2.24 bits per heavy atom. The zero-order valence-corrected chi connectivity index (χ0v) is 23.3. The molecule has 38 heavy (non-hydrogen) atoms. The summed E-state index contributed by atoms with van der Waals surface area (Å²) in [4.78, 5) is 41.5. The molecule has 3 rings (SSSR count). The van der Waals surface area contributed by atoms with Gasteiger partial charge >= 0.3 is 5.97 Å². The Hall–Kier alpha value is -3.47. The summed E-state index contributed by atoms with van der Waals surface area (Å²) in [5.74, 6) is -2.39. The van der Waals surface area contributed by atoms with E-state index in [9.17, 15) is 19.5 Å². The minimum atomic E-state index is -1.04. The number of aliphatic hydroxyl groups excluding tert-OH is 1. The molecule has 1 N–H and O–H groups in total. The third kappa shape index (κ3) is 5.52. The second-order valence-corrected chi connectivity index (χ2v) is 9.37. The number of hydrogen-bond acceptors (Lipinski definition) is 9. The number of carbonyl (C=O) groups is 3. The zero-order chi connectivity index (χ0) is 28.3. The van der Waals surface area contributed by atoms with Gasteiger partial charge in [-0.3, -0.25) is 14.4 Å². The summed E-state index contributed by atoms with van der Waals surface area (Å²) in [6, 6.07) is 4.94. The van der Waals surface area contributed by atoms with Gasteiger partial charge in [-0.25, -0.2) is 0 Å². The minimum absolute atomic E-state index is 0.000935. The summed E-state index contributed by atoms with van der Waals surface area (Å²) in [6.07, 6.45) is 0. The molecule has 0 aromatic heterocycles. The monoisotopic (exact) mass is 566 g/mol. The van der Waals surface area contributed by atoms with Gasteiger partial charge in [0.1, 0.15) is 10.8 Å². The van der Waals surface area contributed by atoms with E-state index in [2.05, 4.69) is 0 Å². The maximum atomic E-state index is 13.4. The van der Waals surface area contributed by atoms with Crippen LogP contribution in [0.3, 0.4) is 0 Å². The lowest BCUT2D eigenvalue weighted by molar-refractivity contribution is -0.140. The predicted octanol–water partition coefficient (Wildman–Crippen LogP) is 3.93. The van der Waals surface area contributed by atoms with Crippen LogP contribution in [0, 0.1) is 0 Å². The van der Waals surface area contributed by atoms with Crippen molar-refractivity contribution < 1.29 is 38.4 Å². The third-order valence-electron chi connectivity index (χ3n) is 5.88. The number of hydrogen-bond donors (Lipinski definition) is 1. The zero-order valence-electron chi connectivity index (χ0n) is 21.8.